The molecule has 0 bridgehead atoms. The van der Waals surface area contributed by atoms with Gasteiger partial charge in [-0.25, -0.2) is 4.98 Å². The number of aliphatic carboxylic acids is 1. The van der Waals surface area contributed by atoms with Gasteiger partial charge in [0.15, 0.2) is 0 Å². The van der Waals surface area contributed by atoms with E-state index in [4.69, 9.17) is 5.11 Å². The van der Waals surface area contributed by atoms with Crippen molar-refractivity contribution in [1.29, 1.82) is 0 Å². The first-order chi connectivity index (χ1) is 8.16. The monoisotopic (exact) mass is 230 g/mol. The minimum atomic E-state index is -0.803. The van der Waals surface area contributed by atoms with Gasteiger partial charge < -0.3 is 10.1 Å². The molecule has 0 radical (unpaired) electrons. The van der Waals surface area contributed by atoms with Gasteiger partial charge >= 0.3 is 5.97 Å². The van der Waals surface area contributed by atoms with Crippen LogP contribution < -0.4 is 0 Å². The molecule has 2 N–H and O–H groups in total. The summed E-state index contributed by atoms with van der Waals surface area (Å²) in [7, 11) is 0. The summed E-state index contributed by atoms with van der Waals surface area (Å²) in [6.45, 7) is 1.67. The van der Waals surface area contributed by atoms with Gasteiger partial charge in [-0.1, -0.05) is 37.3 Å². The summed E-state index contributed by atoms with van der Waals surface area (Å²) in [5, 5.41) is 8.83. The second-order valence-corrected chi connectivity index (χ2v) is 4.05. The molecule has 0 aliphatic carbocycles. The van der Waals surface area contributed by atoms with Crippen LogP contribution in [0.3, 0.4) is 0 Å². The third-order valence-electron chi connectivity index (χ3n) is 2.63. The second kappa shape index (κ2) is 4.82. The molecule has 0 saturated heterocycles. The second-order valence-electron chi connectivity index (χ2n) is 4.05. The molecule has 17 heavy (non-hydrogen) atoms. The lowest BCUT2D eigenvalue weighted by Crippen LogP contribution is -2.12. The van der Waals surface area contributed by atoms with Crippen molar-refractivity contribution in [2.45, 2.75) is 13.3 Å². The maximum absolute atomic E-state index is 10.7. The van der Waals surface area contributed by atoms with Crippen LogP contribution in [0.1, 0.15) is 12.7 Å². The first-order valence-corrected chi connectivity index (χ1v) is 5.49. The van der Waals surface area contributed by atoms with Gasteiger partial charge in [-0.15, -0.1) is 0 Å². The Morgan fingerprint density at radius 3 is 2.76 bits per heavy atom. The number of carboxylic acid groups (broad SMARTS) is 1. The quantitative estimate of drug-likeness (QED) is 0.847. The highest BCUT2D eigenvalue weighted by atomic mass is 16.4. The molecule has 2 rings (SSSR count). The standard InChI is InChI=1S/C13H14N2O2/c1-9(13(16)17)7-12-14-8-11(15-12)10-5-3-2-4-6-10/h2-6,8-9H,7H2,1H3,(H,14,15)(H,16,17). The largest absolute Gasteiger partial charge is 0.481 e. The minimum absolute atomic E-state index is 0.419. The molecular formula is C13H14N2O2. The highest BCUT2D eigenvalue weighted by molar-refractivity contribution is 5.69. The van der Waals surface area contributed by atoms with Crippen molar-refractivity contribution in [3.8, 4) is 11.3 Å². The molecule has 0 spiro atoms. The number of benzene rings is 1. The molecule has 0 aliphatic rings. The van der Waals surface area contributed by atoms with Gasteiger partial charge in [-0.2, -0.15) is 0 Å². The number of carbonyl (C=O) groups is 1. The Balaban J connectivity index is 2.14. The van der Waals surface area contributed by atoms with Gasteiger partial charge in [0.25, 0.3) is 0 Å². The van der Waals surface area contributed by atoms with Gasteiger partial charge in [0.2, 0.25) is 0 Å². The third-order valence-corrected chi connectivity index (χ3v) is 2.63. The minimum Gasteiger partial charge on any atom is -0.481 e. The number of nitrogens with one attached hydrogen (secondary N) is 1. The van der Waals surface area contributed by atoms with E-state index in [0.29, 0.717) is 12.2 Å². The number of aromatic nitrogens is 2. The van der Waals surface area contributed by atoms with E-state index >= 15 is 0 Å². The Morgan fingerprint density at radius 2 is 2.12 bits per heavy atom. The van der Waals surface area contributed by atoms with E-state index in [-0.39, 0.29) is 0 Å². The number of hydrogen-bond acceptors (Lipinski definition) is 2. The fraction of sp³-hybridized carbons (Fsp3) is 0.231. The van der Waals surface area contributed by atoms with Crippen molar-refractivity contribution >= 4 is 5.97 Å². The van der Waals surface area contributed by atoms with Gasteiger partial charge in [-0.05, 0) is 5.56 Å². The number of nitrogens with zero attached hydrogens (tertiary/aromatic N) is 1. The molecule has 2 aromatic rings. The van der Waals surface area contributed by atoms with Crippen molar-refractivity contribution < 1.29 is 9.90 Å². The van der Waals surface area contributed by atoms with Crippen LogP contribution in [-0.2, 0) is 11.2 Å². The summed E-state index contributed by atoms with van der Waals surface area (Å²) < 4.78 is 0. The number of aromatic amines is 1. The van der Waals surface area contributed by atoms with Crippen LogP contribution >= 0.6 is 0 Å². The SMILES string of the molecule is CC(Cc1ncc(-c2ccccc2)[nH]1)C(=O)O. The van der Waals surface area contributed by atoms with Crippen LogP contribution in [0.25, 0.3) is 11.3 Å². The molecule has 88 valence electrons. The van der Waals surface area contributed by atoms with E-state index in [9.17, 15) is 4.79 Å². The lowest BCUT2D eigenvalue weighted by atomic mass is 10.1. The Hall–Kier alpha value is -2.10. The smallest absolute Gasteiger partial charge is 0.306 e. The van der Waals surface area contributed by atoms with Gasteiger partial charge in [0, 0.05) is 6.42 Å². The maximum atomic E-state index is 10.7. The van der Waals surface area contributed by atoms with Crippen molar-refractivity contribution in [2.24, 2.45) is 5.92 Å². The third kappa shape index (κ3) is 2.72. The first kappa shape index (κ1) is 11.4. The maximum Gasteiger partial charge on any atom is 0.306 e. The molecule has 1 atom stereocenters. The summed E-state index contributed by atoms with van der Waals surface area (Å²) in [6, 6.07) is 9.83. The summed E-state index contributed by atoms with van der Waals surface area (Å²) in [5.41, 5.74) is 1.97. The number of rotatable bonds is 4. The van der Waals surface area contributed by atoms with Crippen LogP contribution in [0.4, 0.5) is 0 Å². The summed E-state index contributed by atoms with van der Waals surface area (Å²) in [6.07, 6.45) is 2.15. The summed E-state index contributed by atoms with van der Waals surface area (Å²) in [5.74, 6) is -0.522. The van der Waals surface area contributed by atoms with Gasteiger partial charge in [-0.3, -0.25) is 4.79 Å². The molecule has 0 aliphatic heterocycles. The van der Waals surface area contributed by atoms with Crippen LogP contribution in [0.5, 0.6) is 0 Å². The predicted molar refractivity (Wildman–Crippen MR) is 64.5 cm³/mol. The molecule has 1 unspecified atom stereocenters. The average Bonchev–Trinajstić information content (AvgIpc) is 2.78. The van der Waals surface area contributed by atoms with Gasteiger partial charge in [0.05, 0.1) is 17.8 Å². The highest BCUT2D eigenvalue weighted by Gasteiger charge is 2.13. The van der Waals surface area contributed by atoms with Gasteiger partial charge in [0.1, 0.15) is 5.82 Å². The predicted octanol–water partition coefficient (Wildman–Crippen LogP) is 2.34. The normalized spacial score (nSPS) is 12.3. The Kier molecular flexibility index (Phi) is 3.23. The van der Waals surface area contributed by atoms with Crippen molar-refractivity contribution in [1.82, 2.24) is 9.97 Å². The average molecular weight is 230 g/mol. The number of imidazole rings is 1. The molecule has 4 nitrogen and oxygen atoms in total. The highest BCUT2D eigenvalue weighted by Crippen LogP contribution is 2.17. The number of H-pyrrole nitrogens is 1. The molecule has 0 amide bonds. The van der Waals surface area contributed by atoms with Crippen molar-refractivity contribution in [2.75, 3.05) is 0 Å². The zero-order chi connectivity index (χ0) is 12.3. The van der Waals surface area contributed by atoms with Crippen LogP contribution in [0.15, 0.2) is 36.5 Å². The summed E-state index contributed by atoms with van der Waals surface area (Å²) in [4.78, 5) is 18.1. The first-order valence-electron chi connectivity index (χ1n) is 5.49. The van der Waals surface area contributed by atoms with Crippen LogP contribution in [0, 0.1) is 5.92 Å². The zero-order valence-corrected chi connectivity index (χ0v) is 9.55. The topological polar surface area (TPSA) is 66.0 Å². The van der Waals surface area contributed by atoms with E-state index in [1.165, 1.54) is 0 Å². The Labute approximate surface area is 99.3 Å². The van der Waals surface area contributed by atoms with E-state index < -0.39 is 11.9 Å². The van der Waals surface area contributed by atoms with Crippen molar-refractivity contribution in [3.63, 3.8) is 0 Å². The zero-order valence-electron chi connectivity index (χ0n) is 9.55. The van der Waals surface area contributed by atoms with E-state index in [2.05, 4.69) is 9.97 Å². The lowest BCUT2D eigenvalue weighted by Gasteiger charge is -2.02. The molecule has 4 heteroatoms. The van der Waals surface area contributed by atoms with Crippen molar-refractivity contribution in [3.05, 3.63) is 42.4 Å². The molecular weight excluding hydrogens is 216 g/mol. The molecule has 1 aromatic heterocycles. The number of carboxylic acids is 1. The molecule has 1 aromatic carbocycles. The Bertz CT molecular complexity index is 505. The Morgan fingerprint density at radius 1 is 1.41 bits per heavy atom. The molecule has 0 saturated carbocycles. The van der Waals surface area contributed by atoms with E-state index in [1.807, 2.05) is 30.3 Å². The fourth-order valence-electron chi connectivity index (χ4n) is 1.61. The lowest BCUT2D eigenvalue weighted by molar-refractivity contribution is -0.141. The van der Waals surface area contributed by atoms with E-state index in [0.717, 1.165) is 11.3 Å². The van der Waals surface area contributed by atoms with Crippen LogP contribution in [0.2, 0.25) is 0 Å². The fourth-order valence-corrected chi connectivity index (χ4v) is 1.61. The molecule has 1 heterocycles. The van der Waals surface area contributed by atoms with E-state index in [1.54, 1.807) is 13.1 Å². The number of hydrogen-bond donors (Lipinski definition) is 2. The van der Waals surface area contributed by atoms with Crippen LogP contribution in [-0.4, -0.2) is 21.0 Å². The molecule has 0 fully saturated rings. The summed E-state index contributed by atoms with van der Waals surface area (Å²) >= 11 is 0.